The largest absolute Gasteiger partial charge is 0.465 e. The summed E-state index contributed by atoms with van der Waals surface area (Å²) in [6.45, 7) is 8.14. The van der Waals surface area contributed by atoms with Gasteiger partial charge in [-0.15, -0.1) is 0 Å². The first-order valence-electron chi connectivity index (χ1n) is 6.80. The van der Waals surface area contributed by atoms with E-state index in [-0.39, 0.29) is 17.6 Å². The Morgan fingerprint density at radius 3 is 2.55 bits per heavy atom. The van der Waals surface area contributed by atoms with Crippen molar-refractivity contribution in [2.75, 3.05) is 19.5 Å². The second kappa shape index (κ2) is 6.75. The SMILES string of the molecule is COC(=O)c1cccc(NC(C)CC(C)(C)OC)c1C. The highest BCUT2D eigenvalue weighted by Crippen LogP contribution is 2.23. The number of anilines is 1. The van der Waals surface area contributed by atoms with E-state index in [2.05, 4.69) is 26.1 Å². The summed E-state index contributed by atoms with van der Waals surface area (Å²) in [7, 11) is 3.11. The van der Waals surface area contributed by atoms with Gasteiger partial charge < -0.3 is 14.8 Å². The van der Waals surface area contributed by atoms with E-state index in [1.807, 2.05) is 19.1 Å². The van der Waals surface area contributed by atoms with Gasteiger partial charge in [-0.05, 0) is 51.8 Å². The van der Waals surface area contributed by atoms with Crippen molar-refractivity contribution in [3.05, 3.63) is 29.3 Å². The zero-order chi connectivity index (χ0) is 15.3. The molecule has 0 saturated carbocycles. The van der Waals surface area contributed by atoms with Gasteiger partial charge >= 0.3 is 5.97 Å². The molecule has 1 unspecified atom stereocenters. The molecule has 0 aliphatic heterocycles. The molecule has 0 aliphatic carbocycles. The topological polar surface area (TPSA) is 47.6 Å². The highest BCUT2D eigenvalue weighted by atomic mass is 16.5. The second-order valence-electron chi connectivity index (χ2n) is 5.68. The van der Waals surface area contributed by atoms with Gasteiger partial charge in [0.05, 0.1) is 18.3 Å². The standard InChI is InChI=1S/C16H25NO3/c1-11(10-16(3,4)20-6)17-14-9-7-8-13(12(14)2)15(18)19-5/h7-9,11,17H,10H2,1-6H3. The molecule has 0 bridgehead atoms. The third-order valence-corrected chi connectivity index (χ3v) is 3.49. The Kier molecular flexibility index (Phi) is 5.57. The number of carbonyl (C=O) groups excluding carboxylic acids is 1. The van der Waals surface area contributed by atoms with Gasteiger partial charge in [-0.25, -0.2) is 4.79 Å². The van der Waals surface area contributed by atoms with Crippen molar-refractivity contribution in [3.63, 3.8) is 0 Å². The minimum Gasteiger partial charge on any atom is -0.465 e. The molecule has 4 nitrogen and oxygen atoms in total. The van der Waals surface area contributed by atoms with E-state index >= 15 is 0 Å². The Morgan fingerprint density at radius 2 is 2.00 bits per heavy atom. The van der Waals surface area contributed by atoms with E-state index in [9.17, 15) is 4.79 Å². The molecule has 20 heavy (non-hydrogen) atoms. The first kappa shape index (κ1) is 16.5. The van der Waals surface area contributed by atoms with Crippen molar-refractivity contribution < 1.29 is 14.3 Å². The first-order chi connectivity index (χ1) is 9.30. The highest BCUT2D eigenvalue weighted by molar-refractivity contribution is 5.92. The highest BCUT2D eigenvalue weighted by Gasteiger charge is 2.21. The number of hydrogen-bond donors (Lipinski definition) is 1. The number of esters is 1. The lowest BCUT2D eigenvalue weighted by molar-refractivity contribution is 0.0128. The van der Waals surface area contributed by atoms with Crippen LogP contribution in [0, 0.1) is 6.92 Å². The van der Waals surface area contributed by atoms with Crippen LogP contribution in [0.3, 0.4) is 0 Å². The molecule has 0 aromatic heterocycles. The minimum absolute atomic E-state index is 0.180. The molecular formula is C16H25NO3. The number of benzene rings is 1. The maximum Gasteiger partial charge on any atom is 0.338 e. The molecule has 1 rings (SSSR count). The normalized spacial score (nSPS) is 12.9. The molecule has 112 valence electrons. The van der Waals surface area contributed by atoms with Gasteiger partial charge in [0.2, 0.25) is 0 Å². The van der Waals surface area contributed by atoms with Crippen molar-refractivity contribution in [1.82, 2.24) is 0 Å². The fraction of sp³-hybridized carbons (Fsp3) is 0.562. The van der Waals surface area contributed by atoms with Gasteiger partial charge in [-0.2, -0.15) is 0 Å². The Hall–Kier alpha value is -1.55. The molecule has 1 N–H and O–H groups in total. The molecule has 1 aromatic rings. The zero-order valence-electron chi connectivity index (χ0n) is 13.2. The zero-order valence-corrected chi connectivity index (χ0v) is 13.2. The van der Waals surface area contributed by atoms with Crippen molar-refractivity contribution >= 4 is 11.7 Å². The van der Waals surface area contributed by atoms with Crippen LogP contribution >= 0.6 is 0 Å². The summed E-state index contributed by atoms with van der Waals surface area (Å²) in [5.74, 6) is -0.309. The molecule has 0 saturated heterocycles. The molecule has 0 heterocycles. The number of carbonyl (C=O) groups is 1. The fourth-order valence-corrected chi connectivity index (χ4v) is 2.26. The van der Waals surface area contributed by atoms with Crippen LogP contribution in [0.1, 0.15) is 43.1 Å². The fourth-order valence-electron chi connectivity index (χ4n) is 2.26. The molecule has 0 radical (unpaired) electrons. The molecular weight excluding hydrogens is 254 g/mol. The van der Waals surface area contributed by atoms with Crippen LogP contribution in [-0.2, 0) is 9.47 Å². The van der Waals surface area contributed by atoms with Crippen molar-refractivity contribution in [1.29, 1.82) is 0 Å². The lowest BCUT2D eigenvalue weighted by atomic mass is 9.99. The van der Waals surface area contributed by atoms with Crippen LogP contribution in [0.15, 0.2) is 18.2 Å². The Balaban J connectivity index is 2.85. The summed E-state index contributed by atoms with van der Waals surface area (Å²) in [6, 6.07) is 5.83. The minimum atomic E-state index is -0.309. The Morgan fingerprint density at radius 1 is 1.35 bits per heavy atom. The summed E-state index contributed by atoms with van der Waals surface area (Å²) < 4.78 is 10.2. The molecule has 0 fully saturated rings. The molecule has 0 spiro atoms. The van der Waals surface area contributed by atoms with Gasteiger partial charge in [0.15, 0.2) is 0 Å². The first-order valence-corrected chi connectivity index (χ1v) is 6.80. The summed E-state index contributed by atoms with van der Waals surface area (Å²) in [6.07, 6.45) is 0.866. The molecule has 1 aromatic carbocycles. The van der Waals surface area contributed by atoms with Crippen LogP contribution < -0.4 is 5.32 Å². The van der Waals surface area contributed by atoms with Crippen molar-refractivity contribution in [2.24, 2.45) is 0 Å². The second-order valence-corrected chi connectivity index (χ2v) is 5.68. The quantitative estimate of drug-likeness (QED) is 0.811. The monoisotopic (exact) mass is 279 g/mol. The van der Waals surface area contributed by atoms with E-state index in [1.165, 1.54) is 7.11 Å². The summed E-state index contributed by atoms with van der Waals surface area (Å²) in [5, 5.41) is 3.43. The summed E-state index contributed by atoms with van der Waals surface area (Å²) in [5.41, 5.74) is 2.27. The van der Waals surface area contributed by atoms with Gasteiger partial charge in [0, 0.05) is 18.8 Å². The van der Waals surface area contributed by atoms with Crippen LogP contribution in [0.25, 0.3) is 0 Å². The van der Waals surface area contributed by atoms with E-state index in [0.29, 0.717) is 5.56 Å². The predicted octanol–water partition coefficient (Wildman–Crippen LogP) is 3.40. The third-order valence-electron chi connectivity index (χ3n) is 3.49. The third kappa shape index (κ3) is 4.23. The van der Waals surface area contributed by atoms with Gasteiger partial charge in [0.25, 0.3) is 0 Å². The summed E-state index contributed by atoms with van der Waals surface area (Å²) >= 11 is 0. The van der Waals surface area contributed by atoms with Crippen LogP contribution in [0.4, 0.5) is 5.69 Å². The number of methoxy groups -OCH3 is 2. The maximum atomic E-state index is 11.7. The maximum absolute atomic E-state index is 11.7. The van der Waals surface area contributed by atoms with Gasteiger partial charge in [-0.3, -0.25) is 0 Å². The van der Waals surface area contributed by atoms with Gasteiger partial charge in [0.1, 0.15) is 0 Å². The number of ether oxygens (including phenoxy) is 2. The number of hydrogen-bond acceptors (Lipinski definition) is 4. The van der Waals surface area contributed by atoms with Crippen molar-refractivity contribution in [3.8, 4) is 0 Å². The average molecular weight is 279 g/mol. The van der Waals surface area contributed by atoms with E-state index in [1.54, 1.807) is 13.2 Å². The van der Waals surface area contributed by atoms with E-state index in [4.69, 9.17) is 9.47 Å². The summed E-state index contributed by atoms with van der Waals surface area (Å²) in [4.78, 5) is 11.7. The number of nitrogens with one attached hydrogen (secondary N) is 1. The molecule has 1 atom stereocenters. The number of rotatable bonds is 6. The Labute approximate surface area is 121 Å². The molecule has 0 amide bonds. The molecule has 4 heteroatoms. The molecule has 0 aliphatic rings. The van der Waals surface area contributed by atoms with E-state index < -0.39 is 0 Å². The smallest absolute Gasteiger partial charge is 0.338 e. The van der Waals surface area contributed by atoms with Crippen LogP contribution in [0.2, 0.25) is 0 Å². The van der Waals surface area contributed by atoms with Crippen LogP contribution in [-0.4, -0.2) is 31.8 Å². The lowest BCUT2D eigenvalue weighted by Crippen LogP contribution is -2.31. The van der Waals surface area contributed by atoms with E-state index in [0.717, 1.165) is 17.7 Å². The average Bonchev–Trinajstić information content (AvgIpc) is 2.39. The predicted molar refractivity (Wildman–Crippen MR) is 81.3 cm³/mol. The van der Waals surface area contributed by atoms with Crippen LogP contribution in [0.5, 0.6) is 0 Å². The lowest BCUT2D eigenvalue weighted by Gasteiger charge is -2.28. The van der Waals surface area contributed by atoms with Crippen molar-refractivity contribution in [2.45, 2.75) is 45.8 Å². The van der Waals surface area contributed by atoms with Gasteiger partial charge in [-0.1, -0.05) is 6.07 Å². The Bertz CT molecular complexity index is 469.